The summed E-state index contributed by atoms with van der Waals surface area (Å²) in [4.78, 5) is 10.2. The molecule has 0 radical (unpaired) electrons. The van der Waals surface area contributed by atoms with Crippen molar-refractivity contribution in [1.82, 2.24) is 15.0 Å². The van der Waals surface area contributed by atoms with Crippen LogP contribution in [0.4, 0.5) is 13.2 Å². The summed E-state index contributed by atoms with van der Waals surface area (Å²) in [6, 6.07) is 3.55. The predicted molar refractivity (Wildman–Crippen MR) is 60.3 cm³/mol. The van der Waals surface area contributed by atoms with Crippen LogP contribution >= 0.6 is 11.6 Å². The lowest BCUT2D eigenvalue weighted by Crippen LogP contribution is -2.16. The third-order valence-corrected chi connectivity index (χ3v) is 2.77. The van der Waals surface area contributed by atoms with E-state index in [1.165, 1.54) is 6.20 Å². The first-order chi connectivity index (χ1) is 8.47. The molecular formula is C11H9ClF3N3. The van der Waals surface area contributed by atoms with Gasteiger partial charge in [-0.3, -0.25) is 4.98 Å². The molecule has 0 bridgehead atoms. The molecule has 0 aliphatic rings. The first kappa shape index (κ1) is 12.9. The van der Waals surface area contributed by atoms with Gasteiger partial charge in [-0.2, -0.15) is 13.2 Å². The van der Waals surface area contributed by atoms with E-state index < -0.39 is 11.6 Å². The Labute approximate surface area is 106 Å². The van der Waals surface area contributed by atoms with Gasteiger partial charge in [0, 0.05) is 25.0 Å². The summed E-state index contributed by atoms with van der Waals surface area (Å²) in [5.74, 6) is -0.284. The summed E-state index contributed by atoms with van der Waals surface area (Å²) in [7, 11) is 0. The molecule has 2 aromatic heterocycles. The van der Waals surface area contributed by atoms with E-state index in [-0.39, 0.29) is 5.82 Å². The van der Waals surface area contributed by atoms with Crippen LogP contribution in [0.1, 0.15) is 22.5 Å². The number of aromatic nitrogens is 3. The maximum absolute atomic E-state index is 12.4. The van der Waals surface area contributed by atoms with Gasteiger partial charge in [0.25, 0.3) is 0 Å². The second-order valence-electron chi connectivity index (χ2n) is 3.71. The highest BCUT2D eigenvalue weighted by Crippen LogP contribution is 2.36. The lowest BCUT2D eigenvalue weighted by Gasteiger charge is -2.10. The summed E-state index contributed by atoms with van der Waals surface area (Å²) in [5.41, 5.74) is 1.42. The van der Waals surface area contributed by atoms with Crippen molar-refractivity contribution in [1.29, 1.82) is 0 Å². The van der Waals surface area contributed by atoms with Gasteiger partial charge in [-0.15, -0.1) is 11.6 Å². The Bertz CT molecular complexity index is 510. The van der Waals surface area contributed by atoms with Crippen molar-refractivity contribution >= 4 is 11.6 Å². The van der Waals surface area contributed by atoms with Crippen LogP contribution in [0.5, 0.6) is 0 Å². The molecule has 0 aliphatic heterocycles. The molecule has 0 fully saturated rings. The van der Waals surface area contributed by atoms with Crippen LogP contribution in [0.25, 0.3) is 0 Å². The molecule has 2 aromatic rings. The predicted octanol–water partition coefficient (Wildman–Crippen LogP) is 3.24. The number of hydrogen-bond acceptors (Lipinski definition) is 2. The van der Waals surface area contributed by atoms with Gasteiger partial charge < -0.3 is 4.98 Å². The number of alkyl halides is 4. The molecule has 2 heterocycles. The molecule has 0 saturated heterocycles. The van der Waals surface area contributed by atoms with Crippen molar-refractivity contribution in [3.8, 4) is 0 Å². The van der Waals surface area contributed by atoms with Crippen LogP contribution in [0.2, 0.25) is 0 Å². The highest BCUT2D eigenvalue weighted by molar-refractivity contribution is 6.21. The molecule has 1 atom stereocenters. The van der Waals surface area contributed by atoms with E-state index >= 15 is 0 Å². The summed E-state index contributed by atoms with van der Waals surface area (Å²) in [6.45, 7) is 0. The average Bonchev–Trinajstić information content (AvgIpc) is 2.76. The quantitative estimate of drug-likeness (QED) is 0.874. The molecule has 3 nitrogen and oxygen atoms in total. The fourth-order valence-electron chi connectivity index (χ4n) is 1.46. The molecule has 1 N–H and O–H groups in total. The number of pyridine rings is 1. The summed E-state index contributed by atoms with van der Waals surface area (Å²) < 4.78 is 37.1. The van der Waals surface area contributed by atoms with E-state index in [1.54, 1.807) is 24.5 Å². The molecule has 18 heavy (non-hydrogen) atoms. The van der Waals surface area contributed by atoms with E-state index in [9.17, 15) is 13.2 Å². The number of rotatable bonds is 3. The zero-order valence-electron chi connectivity index (χ0n) is 9.08. The van der Waals surface area contributed by atoms with Gasteiger partial charge in [0.05, 0.1) is 5.69 Å². The molecule has 0 unspecified atom stereocenters. The van der Waals surface area contributed by atoms with Crippen LogP contribution in [0.15, 0.2) is 30.7 Å². The molecule has 96 valence electrons. The second kappa shape index (κ2) is 4.97. The molecule has 2 rings (SSSR count). The van der Waals surface area contributed by atoms with Crippen LogP contribution in [0, 0.1) is 0 Å². The van der Waals surface area contributed by atoms with Crippen LogP contribution < -0.4 is 0 Å². The highest BCUT2D eigenvalue weighted by Gasteiger charge is 2.41. The summed E-state index contributed by atoms with van der Waals surface area (Å²) >= 11 is 5.27. The van der Waals surface area contributed by atoms with Crippen molar-refractivity contribution in [3.63, 3.8) is 0 Å². The monoisotopic (exact) mass is 275 g/mol. The number of nitrogens with zero attached hydrogens (tertiary/aromatic N) is 2. The van der Waals surface area contributed by atoms with Crippen LogP contribution in [-0.2, 0) is 6.42 Å². The van der Waals surface area contributed by atoms with Gasteiger partial charge in [-0.1, -0.05) is 0 Å². The van der Waals surface area contributed by atoms with Crippen molar-refractivity contribution in [2.24, 2.45) is 0 Å². The summed E-state index contributed by atoms with van der Waals surface area (Å²) in [5, 5.41) is -2.11. The Morgan fingerprint density at radius 3 is 2.56 bits per heavy atom. The Kier molecular flexibility index (Phi) is 3.56. The first-order valence-corrected chi connectivity index (χ1v) is 5.54. The molecule has 0 amide bonds. The third kappa shape index (κ3) is 3.01. The van der Waals surface area contributed by atoms with Crippen molar-refractivity contribution in [3.05, 3.63) is 47.8 Å². The maximum Gasteiger partial charge on any atom is 0.411 e. The smallest absolute Gasteiger partial charge is 0.347 e. The highest BCUT2D eigenvalue weighted by atomic mass is 35.5. The van der Waals surface area contributed by atoms with Gasteiger partial charge in [-0.25, -0.2) is 4.98 Å². The molecule has 0 aromatic carbocycles. The zero-order valence-corrected chi connectivity index (χ0v) is 9.83. The van der Waals surface area contributed by atoms with E-state index in [1.807, 2.05) is 0 Å². The zero-order chi connectivity index (χ0) is 13.2. The topological polar surface area (TPSA) is 41.6 Å². The van der Waals surface area contributed by atoms with Gasteiger partial charge in [-0.05, 0) is 17.7 Å². The molecular weight excluding hydrogens is 267 g/mol. The SMILES string of the molecule is FC(F)(F)[C@H](Cl)c1nc(Cc2ccncc2)c[nH]1. The second-order valence-corrected chi connectivity index (χ2v) is 4.15. The minimum atomic E-state index is -4.51. The van der Waals surface area contributed by atoms with Gasteiger partial charge in [0.15, 0.2) is 5.38 Å². The van der Waals surface area contributed by atoms with Crippen LogP contribution in [-0.4, -0.2) is 21.1 Å². The number of aromatic amines is 1. The fourth-order valence-corrected chi connectivity index (χ4v) is 1.57. The van der Waals surface area contributed by atoms with E-state index in [0.29, 0.717) is 12.1 Å². The van der Waals surface area contributed by atoms with E-state index in [0.717, 1.165) is 5.56 Å². The average molecular weight is 276 g/mol. The lowest BCUT2D eigenvalue weighted by atomic mass is 10.2. The summed E-state index contributed by atoms with van der Waals surface area (Å²) in [6.07, 6.45) is 0.580. The van der Waals surface area contributed by atoms with Crippen molar-refractivity contribution in [2.45, 2.75) is 18.0 Å². The minimum absolute atomic E-state index is 0.284. The Balaban J connectivity index is 2.12. The standard InChI is InChI=1S/C11H9ClF3N3/c12-9(11(13,14)15)10-17-6-8(18-10)5-7-1-3-16-4-2-7/h1-4,6,9H,5H2,(H,17,18)/t9-/m1/s1. The largest absolute Gasteiger partial charge is 0.411 e. The number of nitrogens with one attached hydrogen (secondary N) is 1. The fraction of sp³-hybridized carbons (Fsp3) is 0.273. The first-order valence-electron chi connectivity index (χ1n) is 5.10. The number of hydrogen-bond donors (Lipinski definition) is 1. The van der Waals surface area contributed by atoms with Crippen molar-refractivity contribution < 1.29 is 13.2 Å². The van der Waals surface area contributed by atoms with Gasteiger partial charge >= 0.3 is 6.18 Å². The Hall–Kier alpha value is -1.56. The third-order valence-electron chi connectivity index (χ3n) is 2.31. The normalized spacial score (nSPS) is 13.6. The Morgan fingerprint density at radius 1 is 1.28 bits per heavy atom. The van der Waals surface area contributed by atoms with Crippen molar-refractivity contribution in [2.75, 3.05) is 0 Å². The molecule has 7 heteroatoms. The minimum Gasteiger partial charge on any atom is -0.347 e. The molecule has 0 saturated carbocycles. The number of halogens is 4. The van der Waals surface area contributed by atoms with Gasteiger partial charge in [0.1, 0.15) is 5.82 Å². The molecule has 0 aliphatic carbocycles. The van der Waals surface area contributed by atoms with E-state index in [4.69, 9.17) is 11.6 Å². The van der Waals surface area contributed by atoms with Gasteiger partial charge in [0.2, 0.25) is 0 Å². The number of imidazole rings is 1. The van der Waals surface area contributed by atoms with E-state index in [2.05, 4.69) is 15.0 Å². The Morgan fingerprint density at radius 2 is 1.94 bits per heavy atom. The van der Waals surface area contributed by atoms with Crippen LogP contribution in [0.3, 0.4) is 0 Å². The maximum atomic E-state index is 12.4. The number of H-pyrrole nitrogens is 1. The molecule has 0 spiro atoms. The lowest BCUT2D eigenvalue weighted by molar-refractivity contribution is -0.133.